The number of hydrogen-bond donors (Lipinski definition) is 2. The van der Waals surface area contributed by atoms with E-state index in [-0.39, 0.29) is 24.9 Å². The molecule has 0 saturated carbocycles. The Morgan fingerprint density at radius 2 is 2.05 bits per heavy atom. The molecule has 0 bridgehead atoms. The lowest BCUT2D eigenvalue weighted by atomic mass is 10.0. The maximum absolute atomic E-state index is 14.7. The van der Waals surface area contributed by atoms with Crippen LogP contribution >= 0.6 is 11.3 Å². The zero-order chi connectivity index (χ0) is 27.3. The number of anilines is 2. The van der Waals surface area contributed by atoms with Crippen molar-refractivity contribution in [3.05, 3.63) is 46.7 Å². The second-order valence-electron chi connectivity index (χ2n) is 10.9. The number of fused-ring (bicyclic) bond motifs is 2. The number of carbonyl (C=O) groups excluding carboxylic acids is 2. The van der Waals surface area contributed by atoms with Gasteiger partial charge in [-0.05, 0) is 31.5 Å². The first kappa shape index (κ1) is 26.1. The van der Waals surface area contributed by atoms with Crippen LogP contribution in [0.15, 0.2) is 30.0 Å². The van der Waals surface area contributed by atoms with Gasteiger partial charge < -0.3 is 25.0 Å². The lowest BCUT2D eigenvalue weighted by Crippen LogP contribution is -2.56. The quantitative estimate of drug-likeness (QED) is 0.459. The van der Waals surface area contributed by atoms with Gasteiger partial charge >= 0.3 is 0 Å². The summed E-state index contributed by atoms with van der Waals surface area (Å²) in [6.07, 6.45) is 1.51. The van der Waals surface area contributed by atoms with E-state index in [9.17, 15) is 19.1 Å². The van der Waals surface area contributed by atoms with Crippen LogP contribution in [0, 0.1) is 0 Å². The number of amides is 2. The molecule has 6 rings (SSSR count). The minimum atomic E-state index is -1.59. The van der Waals surface area contributed by atoms with Crippen molar-refractivity contribution in [1.29, 1.82) is 0 Å². The molecule has 5 heterocycles. The second kappa shape index (κ2) is 10.1. The molecule has 3 aliphatic heterocycles. The Morgan fingerprint density at radius 1 is 1.28 bits per heavy atom. The number of benzene rings is 1. The third-order valence-electron chi connectivity index (χ3n) is 7.77. The van der Waals surface area contributed by atoms with Gasteiger partial charge in [0.25, 0.3) is 11.8 Å². The minimum Gasteiger partial charge on any atom is -0.387 e. The Kier molecular flexibility index (Phi) is 6.74. The van der Waals surface area contributed by atoms with E-state index in [1.807, 2.05) is 12.1 Å². The van der Waals surface area contributed by atoms with E-state index in [2.05, 4.69) is 25.1 Å². The van der Waals surface area contributed by atoms with Crippen molar-refractivity contribution in [1.82, 2.24) is 19.8 Å². The highest BCUT2D eigenvalue weighted by molar-refractivity contribution is 7.17. The minimum absolute atomic E-state index is 0.206. The van der Waals surface area contributed by atoms with Crippen molar-refractivity contribution in [2.75, 3.05) is 56.2 Å². The Morgan fingerprint density at radius 3 is 2.74 bits per heavy atom. The monoisotopic (exact) mass is 554 g/mol. The first-order chi connectivity index (χ1) is 18.7. The predicted octanol–water partition coefficient (Wildman–Crippen LogP) is 2.53. The first-order valence-corrected chi connectivity index (χ1v) is 13.9. The number of nitrogens with zero attached hydrogens (tertiary/aromatic N) is 5. The molecule has 0 radical (unpaired) electrons. The van der Waals surface area contributed by atoms with E-state index in [1.165, 1.54) is 36.4 Å². The normalized spacial score (nSPS) is 19.3. The Bertz CT molecular complexity index is 1410. The van der Waals surface area contributed by atoms with Crippen molar-refractivity contribution in [3.63, 3.8) is 0 Å². The average molecular weight is 555 g/mol. The molecule has 0 aliphatic carbocycles. The van der Waals surface area contributed by atoms with E-state index < -0.39 is 11.8 Å². The maximum atomic E-state index is 14.7. The van der Waals surface area contributed by atoms with Crippen LogP contribution in [0.3, 0.4) is 0 Å². The summed E-state index contributed by atoms with van der Waals surface area (Å²) in [5.74, 6) is -0.569. The Hall–Kier alpha value is -3.19. The third kappa shape index (κ3) is 4.97. The molecule has 1 aromatic carbocycles. The molecule has 2 saturated heterocycles. The van der Waals surface area contributed by atoms with Gasteiger partial charge in [0.15, 0.2) is 0 Å². The molecule has 2 aromatic heterocycles. The highest BCUT2D eigenvalue weighted by Gasteiger charge is 2.36. The Balaban J connectivity index is 1.30. The number of thiophene rings is 1. The lowest BCUT2D eigenvalue weighted by molar-refractivity contribution is -0.0660. The number of carbonyl (C=O) groups is 2. The smallest absolute Gasteiger partial charge is 0.258 e. The van der Waals surface area contributed by atoms with Crippen LogP contribution < -0.4 is 10.2 Å². The topological polar surface area (TPSA) is 111 Å². The molecule has 0 unspecified atom stereocenters. The van der Waals surface area contributed by atoms with E-state index in [0.717, 1.165) is 49.8 Å². The fourth-order valence-corrected chi connectivity index (χ4v) is 6.09. The number of aliphatic hydroxyl groups is 1. The van der Waals surface area contributed by atoms with Gasteiger partial charge in [-0.1, -0.05) is 0 Å². The molecule has 3 aliphatic rings. The first-order valence-electron chi connectivity index (χ1n) is 13.1. The number of ether oxygens (including phenoxy) is 1. The number of nitrogens with one attached hydrogen (secondary N) is 1. The van der Waals surface area contributed by atoms with E-state index >= 15 is 0 Å². The predicted molar refractivity (Wildman–Crippen MR) is 146 cm³/mol. The lowest BCUT2D eigenvalue weighted by Gasteiger charge is -2.43. The molecule has 39 heavy (non-hydrogen) atoms. The number of halogens is 1. The summed E-state index contributed by atoms with van der Waals surface area (Å²) in [5, 5.41) is 14.9. The average Bonchev–Trinajstić information content (AvgIpc) is 3.43. The number of hydrogen-bond acceptors (Lipinski definition) is 9. The largest absolute Gasteiger partial charge is 0.387 e. The number of alkyl halides is 1. The fourth-order valence-electron chi connectivity index (χ4n) is 5.23. The molecule has 12 heteroatoms. The summed E-state index contributed by atoms with van der Waals surface area (Å²) in [6, 6.07) is 4.09. The van der Waals surface area contributed by atoms with Gasteiger partial charge in [-0.2, -0.15) is 0 Å². The molecule has 2 fully saturated rings. The molecule has 0 spiro atoms. The van der Waals surface area contributed by atoms with Crippen LogP contribution in [0.25, 0.3) is 10.2 Å². The van der Waals surface area contributed by atoms with Crippen molar-refractivity contribution in [2.24, 2.45) is 0 Å². The molecular weight excluding hydrogens is 523 g/mol. The summed E-state index contributed by atoms with van der Waals surface area (Å²) in [7, 11) is 0. The molecular formula is C27H31FN6O4S. The molecule has 2 amide bonds. The number of piperazine rings is 1. The fraction of sp³-hybridized carbons (Fsp3) is 0.481. The van der Waals surface area contributed by atoms with Crippen LogP contribution in [0.5, 0.6) is 0 Å². The standard InChI is InChI=1S/C27H31FN6O4S/c1-27(2,37)23(28)11-34-10-16-7-20(31-25(35)19-14-39-22-9-29-15-30-24(19)22)21(8-18(16)26(34)36)33-5-3-32(4-6-33)17-12-38-13-17/h7-9,14-15,17,23,37H,3-6,10-13H2,1-2H3,(H,31,35)/t23-/m1/s1. The molecule has 3 aromatic rings. The zero-order valence-corrected chi connectivity index (χ0v) is 22.7. The van der Waals surface area contributed by atoms with Crippen LogP contribution in [0.1, 0.15) is 40.1 Å². The summed E-state index contributed by atoms with van der Waals surface area (Å²) in [5.41, 5.74) is 2.06. The summed E-state index contributed by atoms with van der Waals surface area (Å²) in [6.45, 7) is 7.45. The van der Waals surface area contributed by atoms with E-state index in [4.69, 9.17) is 4.74 Å². The van der Waals surface area contributed by atoms with Crippen molar-refractivity contribution < 1.29 is 23.8 Å². The van der Waals surface area contributed by atoms with Gasteiger partial charge in [0.2, 0.25) is 0 Å². The summed E-state index contributed by atoms with van der Waals surface area (Å²) < 4.78 is 20.8. The van der Waals surface area contributed by atoms with Crippen molar-refractivity contribution in [3.8, 4) is 0 Å². The van der Waals surface area contributed by atoms with E-state index in [1.54, 1.807) is 11.6 Å². The highest BCUT2D eigenvalue weighted by Crippen LogP contribution is 2.36. The second-order valence-corrected chi connectivity index (χ2v) is 11.8. The summed E-state index contributed by atoms with van der Waals surface area (Å²) >= 11 is 1.40. The van der Waals surface area contributed by atoms with Gasteiger partial charge in [0.1, 0.15) is 12.5 Å². The van der Waals surface area contributed by atoms with Crippen molar-refractivity contribution >= 4 is 44.7 Å². The van der Waals surface area contributed by atoms with Crippen LogP contribution in [-0.2, 0) is 11.3 Å². The maximum Gasteiger partial charge on any atom is 0.258 e. The number of aromatic nitrogens is 2. The van der Waals surface area contributed by atoms with Crippen LogP contribution in [-0.4, -0.2) is 100 Å². The molecule has 206 valence electrons. The van der Waals surface area contributed by atoms with Crippen LogP contribution in [0.2, 0.25) is 0 Å². The van der Waals surface area contributed by atoms with Crippen LogP contribution in [0.4, 0.5) is 15.8 Å². The highest BCUT2D eigenvalue weighted by atomic mass is 32.1. The van der Waals surface area contributed by atoms with Gasteiger partial charge in [-0.15, -0.1) is 11.3 Å². The zero-order valence-electron chi connectivity index (χ0n) is 21.9. The van der Waals surface area contributed by atoms with E-state index in [0.29, 0.717) is 33.9 Å². The number of rotatable bonds is 7. The SMILES string of the molecule is CC(C)(O)[C@H](F)CN1Cc2cc(NC(=O)c3csc4cncnc34)c(N3CCN(C4COC4)CC3)cc2C1=O. The van der Waals surface area contributed by atoms with Gasteiger partial charge in [0, 0.05) is 49.9 Å². The summed E-state index contributed by atoms with van der Waals surface area (Å²) in [4.78, 5) is 41.1. The van der Waals surface area contributed by atoms with Crippen molar-refractivity contribution in [2.45, 2.75) is 38.2 Å². The molecule has 1 atom stereocenters. The van der Waals surface area contributed by atoms with Gasteiger partial charge in [-0.25, -0.2) is 14.4 Å². The van der Waals surface area contributed by atoms with Gasteiger partial charge in [0.05, 0.1) is 58.6 Å². The molecule has 2 N–H and O–H groups in total. The Labute approximate surface area is 229 Å². The van der Waals surface area contributed by atoms with Gasteiger partial charge in [-0.3, -0.25) is 14.5 Å². The third-order valence-corrected chi connectivity index (χ3v) is 8.68. The molecule has 10 nitrogen and oxygen atoms in total.